The van der Waals surface area contributed by atoms with E-state index in [4.69, 9.17) is 17.3 Å². The quantitative estimate of drug-likeness (QED) is 0.0509. The largest absolute Gasteiger partial charge is 0.501 e. The number of amides is 1. The van der Waals surface area contributed by atoms with Crippen LogP contribution in [0.15, 0.2) is 130 Å². The third-order valence-corrected chi connectivity index (χ3v) is 15.6. The highest BCUT2D eigenvalue weighted by Gasteiger charge is 2.48. The summed E-state index contributed by atoms with van der Waals surface area (Å²) in [6, 6.07) is 30.2. The van der Waals surface area contributed by atoms with E-state index in [2.05, 4.69) is 10.2 Å². The van der Waals surface area contributed by atoms with Gasteiger partial charge in [-0.2, -0.15) is 13.2 Å². The number of piperidine rings is 1. The molecule has 0 unspecified atom stereocenters. The predicted octanol–water partition coefficient (Wildman–Crippen LogP) is 7.71. The number of carbonyl (C=O) groups is 1. The van der Waals surface area contributed by atoms with Gasteiger partial charge in [-0.05, 0) is 128 Å². The monoisotopic (exact) mass is 973 g/mol. The molecule has 2 atom stereocenters. The summed E-state index contributed by atoms with van der Waals surface area (Å²) >= 11 is 7.51. The Bertz CT molecular complexity index is 2620. The first-order chi connectivity index (χ1) is 30.9. The number of sulfonamides is 1. The van der Waals surface area contributed by atoms with Gasteiger partial charge in [0.15, 0.2) is 0 Å². The molecule has 6 rings (SSSR count). The number of nitrogens with two attached hydrogens (primary N) is 1. The first kappa shape index (κ1) is 49.8. The average Bonchev–Trinajstić information content (AvgIpc) is 3.29. The zero-order valence-electron chi connectivity index (χ0n) is 35.4. The van der Waals surface area contributed by atoms with Gasteiger partial charge in [0.05, 0.1) is 23.3 Å². The van der Waals surface area contributed by atoms with Crippen molar-refractivity contribution in [1.82, 2.24) is 9.62 Å². The summed E-state index contributed by atoms with van der Waals surface area (Å²) in [5.41, 5.74) is 3.86. The minimum Gasteiger partial charge on any atom is -0.395 e. The highest BCUT2D eigenvalue weighted by atomic mass is 35.5. The summed E-state index contributed by atoms with van der Waals surface area (Å²) in [6.07, 6.45) is 0.847. The van der Waals surface area contributed by atoms with E-state index in [0.29, 0.717) is 68.8 Å². The number of nitrogens with zero attached hydrogens (tertiary/aromatic N) is 2. The Morgan fingerprint density at radius 1 is 0.923 bits per heavy atom. The molecule has 1 saturated heterocycles. The maximum absolute atomic E-state index is 14.1. The lowest BCUT2D eigenvalue weighted by Gasteiger charge is -2.36. The van der Waals surface area contributed by atoms with Crippen molar-refractivity contribution in [2.75, 3.05) is 55.8 Å². The van der Waals surface area contributed by atoms with Crippen LogP contribution in [0.2, 0.25) is 5.02 Å². The number of anilines is 2. The van der Waals surface area contributed by atoms with E-state index in [1.54, 1.807) is 36.2 Å². The van der Waals surface area contributed by atoms with Crippen LogP contribution in [0.5, 0.6) is 0 Å². The van der Waals surface area contributed by atoms with Crippen LogP contribution in [0, 0.1) is 5.92 Å². The summed E-state index contributed by atoms with van der Waals surface area (Å²) in [7, 11) is -9.24. The first-order valence-electron chi connectivity index (χ1n) is 20.8. The van der Waals surface area contributed by atoms with Crippen molar-refractivity contribution in [3.8, 4) is 11.1 Å². The minimum absolute atomic E-state index is 0.0662. The normalized spacial score (nSPS) is 14.9. The number of benzene rings is 5. The number of hydrogen-bond donors (Lipinski definition) is 5. The van der Waals surface area contributed by atoms with Gasteiger partial charge in [0.2, 0.25) is 0 Å². The number of aliphatic hydroxyl groups is 2. The molecule has 0 saturated carbocycles. The fraction of sp³-hybridized carbons (Fsp3) is 0.326. The number of halogens is 4. The molecule has 1 heterocycles. The second kappa shape index (κ2) is 21.8. The smallest absolute Gasteiger partial charge is 0.395 e. The highest BCUT2D eigenvalue weighted by Crippen LogP contribution is 2.39. The van der Waals surface area contributed by atoms with E-state index in [9.17, 15) is 45.0 Å². The second-order valence-electron chi connectivity index (χ2n) is 15.8. The van der Waals surface area contributed by atoms with E-state index in [1.807, 2.05) is 65.4 Å². The number of hydrogen-bond acceptors (Lipinski definition) is 12. The van der Waals surface area contributed by atoms with Crippen molar-refractivity contribution >= 4 is 60.5 Å². The molecule has 348 valence electrons. The zero-order chi connectivity index (χ0) is 46.9. The van der Waals surface area contributed by atoms with E-state index in [-0.39, 0.29) is 18.1 Å². The third-order valence-electron chi connectivity index (χ3n) is 11.3. The summed E-state index contributed by atoms with van der Waals surface area (Å²) < 4.78 is 97.2. The molecule has 6 N–H and O–H groups in total. The van der Waals surface area contributed by atoms with E-state index < -0.39 is 58.9 Å². The molecule has 5 aromatic carbocycles. The number of alkyl halides is 3. The minimum atomic E-state index is -6.10. The Labute approximate surface area is 387 Å². The molecular weight excluding hydrogens is 923 g/mol. The van der Waals surface area contributed by atoms with Gasteiger partial charge in [-0.15, -0.1) is 11.8 Å². The standard InChI is InChI=1S/C46H51ClF3N5O7S3/c1-54(25-26-56)22-21-36(30-63-38-5-3-2-4-6-38)52-42-18-16-39(28-43(42)64(59,60)46(48,49)50)65(61,62)53-45(58)34-10-14-37(15-11-34)55-23-19-33(20-24-55)44(57)41-27-31(29-51)7-17-40(41)32-8-12-35(47)13-9-32/h2-18,27-28,33,36,44,52,56-57H,19-26,29-30,51H2,1H3,(H,53,58)/t36-,44+/m1/s1. The number of thioether (sulfide) groups is 1. The van der Waals surface area contributed by atoms with Crippen molar-refractivity contribution in [2.24, 2.45) is 11.7 Å². The molecule has 0 aromatic heterocycles. The van der Waals surface area contributed by atoms with Crippen LogP contribution in [0.3, 0.4) is 0 Å². The number of carbonyl (C=O) groups excluding carboxylic acids is 1. The number of likely N-dealkylation sites (N-methyl/N-ethyl adjacent to an activating group) is 1. The summed E-state index contributed by atoms with van der Waals surface area (Å²) in [5, 5.41) is 24.5. The molecule has 65 heavy (non-hydrogen) atoms. The lowest BCUT2D eigenvalue weighted by molar-refractivity contribution is -0.0435. The molecule has 0 radical (unpaired) electrons. The van der Waals surface area contributed by atoms with Gasteiger partial charge in [0.25, 0.3) is 25.8 Å². The van der Waals surface area contributed by atoms with Crippen LogP contribution < -0.4 is 20.7 Å². The average molecular weight is 975 g/mol. The van der Waals surface area contributed by atoms with E-state index in [1.165, 1.54) is 23.9 Å². The summed E-state index contributed by atoms with van der Waals surface area (Å²) in [6.45, 7) is 2.09. The van der Waals surface area contributed by atoms with Gasteiger partial charge in [0, 0.05) is 59.1 Å². The number of sulfone groups is 1. The van der Waals surface area contributed by atoms with Gasteiger partial charge in [-0.25, -0.2) is 21.6 Å². The number of nitrogens with one attached hydrogen (secondary N) is 2. The Balaban J connectivity index is 1.14. The Morgan fingerprint density at radius 3 is 2.23 bits per heavy atom. The van der Waals surface area contributed by atoms with Gasteiger partial charge >= 0.3 is 5.51 Å². The molecule has 19 heteroatoms. The Morgan fingerprint density at radius 2 is 1.60 bits per heavy atom. The lowest BCUT2D eigenvalue weighted by atomic mass is 9.83. The molecule has 1 fully saturated rings. The highest BCUT2D eigenvalue weighted by molar-refractivity contribution is 7.99. The van der Waals surface area contributed by atoms with Crippen LogP contribution >= 0.6 is 23.4 Å². The molecule has 12 nitrogen and oxygen atoms in total. The summed E-state index contributed by atoms with van der Waals surface area (Å²) in [4.78, 5) is 15.9. The number of rotatable bonds is 19. The molecule has 1 amide bonds. The van der Waals surface area contributed by atoms with E-state index >= 15 is 0 Å². The molecule has 0 spiro atoms. The van der Waals surface area contributed by atoms with Gasteiger partial charge in [0.1, 0.15) is 4.90 Å². The third kappa shape index (κ3) is 12.6. The number of aliphatic hydroxyl groups excluding tert-OH is 2. The van der Waals surface area contributed by atoms with Crippen LogP contribution in [-0.2, 0) is 26.4 Å². The topological polar surface area (TPSA) is 182 Å². The lowest BCUT2D eigenvalue weighted by Crippen LogP contribution is -2.36. The SMILES string of the molecule is CN(CCO)CC[C@H](CSc1ccccc1)Nc1ccc(S(=O)(=O)NC(=O)c2ccc(N3CCC([C@H](O)c4cc(CN)ccc4-c4ccc(Cl)cc4)CC3)cc2)cc1S(=O)(=O)C(F)(F)F. The summed E-state index contributed by atoms with van der Waals surface area (Å²) in [5.74, 6) is -0.848. The Kier molecular flexibility index (Phi) is 16.7. The van der Waals surface area contributed by atoms with Crippen LogP contribution in [0.25, 0.3) is 11.1 Å². The molecule has 1 aliphatic heterocycles. The van der Waals surface area contributed by atoms with Gasteiger partial charge in [-0.1, -0.05) is 60.1 Å². The van der Waals surface area contributed by atoms with Crippen molar-refractivity contribution in [1.29, 1.82) is 0 Å². The fourth-order valence-corrected chi connectivity index (χ4v) is 10.7. The van der Waals surface area contributed by atoms with Crippen molar-refractivity contribution in [3.05, 3.63) is 137 Å². The second-order valence-corrected chi connectivity index (χ2v) is 20.9. The van der Waals surface area contributed by atoms with Gasteiger partial charge in [-0.3, -0.25) is 4.79 Å². The van der Waals surface area contributed by atoms with Crippen molar-refractivity contribution in [3.63, 3.8) is 0 Å². The van der Waals surface area contributed by atoms with E-state index in [0.717, 1.165) is 45.0 Å². The van der Waals surface area contributed by atoms with Crippen molar-refractivity contribution < 1.29 is 45.0 Å². The molecule has 0 aliphatic carbocycles. The maximum atomic E-state index is 14.1. The molecule has 5 aromatic rings. The zero-order valence-corrected chi connectivity index (χ0v) is 38.6. The molecule has 0 bridgehead atoms. The fourth-order valence-electron chi connectivity index (χ4n) is 7.59. The van der Waals surface area contributed by atoms with Gasteiger partial charge < -0.3 is 31.1 Å². The first-order valence-corrected chi connectivity index (χ1v) is 25.1. The molecule has 1 aliphatic rings. The predicted molar refractivity (Wildman–Crippen MR) is 249 cm³/mol. The van der Waals surface area contributed by atoms with Crippen LogP contribution in [-0.4, -0.2) is 95.0 Å². The van der Waals surface area contributed by atoms with Crippen LogP contribution in [0.4, 0.5) is 24.5 Å². The van der Waals surface area contributed by atoms with Crippen molar-refractivity contribution in [2.45, 2.75) is 58.1 Å². The Hall–Kier alpha value is -4.66. The molecular formula is C46H51ClF3N5O7S3. The maximum Gasteiger partial charge on any atom is 0.501 e. The van der Waals surface area contributed by atoms with Crippen LogP contribution in [0.1, 0.15) is 46.9 Å².